The standard InChI is InChI=1S/C16H30N2O3/c1-5-16(15(20)21)8-6-10-18(11-16)13(4)14(19)17-9-7-12(2)3/h12-13H,5-11H2,1-4H3,(H,17,19)(H,20,21). The highest BCUT2D eigenvalue weighted by Gasteiger charge is 2.42. The van der Waals surface area contributed by atoms with Crippen molar-refractivity contribution < 1.29 is 14.7 Å². The van der Waals surface area contributed by atoms with Gasteiger partial charge in [-0.15, -0.1) is 0 Å². The second-order valence-corrected chi connectivity index (χ2v) is 6.66. The molecule has 2 N–H and O–H groups in total. The molecule has 5 nitrogen and oxygen atoms in total. The number of carboxylic acid groups (broad SMARTS) is 1. The highest BCUT2D eigenvalue weighted by molar-refractivity contribution is 5.81. The van der Waals surface area contributed by atoms with Crippen LogP contribution in [-0.2, 0) is 9.59 Å². The van der Waals surface area contributed by atoms with E-state index in [2.05, 4.69) is 19.2 Å². The van der Waals surface area contributed by atoms with Gasteiger partial charge in [0.15, 0.2) is 0 Å². The molecule has 5 heteroatoms. The molecule has 1 amide bonds. The van der Waals surface area contributed by atoms with Gasteiger partial charge in [-0.05, 0) is 45.1 Å². The maximum atomic E-state index is 12.2. The SMILES string of the molecule is CCC1(C(=O)O)CCCN(C(C)C(=O)NCCC(C)C)C1. The molecule has 0 spiro atoms. The zero-order valence-electron chi connectivity index (χ0n) is 13.8. The predicted molar refractivity (Wildman–Crippen MR) is 83.1 cm³/mol. The van der Waals surface area contributed by atoms with Gasteiger partial charge in [0, 0.05) is 13.1 Å². The van der Waals surface area contributed by atoms with Crippen molar-refractivity contribution in [2.75, 3.05) is 19.6 Å². The molecule has 0 radical (unpaired) electrons. The summed E-state index contributed by atoms with van der Waals surface area (Å²) in [5.74, 6) is -0.162. The first-order valence-corrected chi connectivity index (χ1v) is 8.07. The van der Waals surface area contributed by atoms with E-state index in [0.717, 1.165) is 19.4 Å². The molecule has 0 bridgehead atoms. The summed E-state index contributed by atoms with van der Waals surface area (Å²) in [5, 5.41) is 12.5. The minimum absolute atomic E-state index is 0.00735. The van der Waals surface area contributed by atoms with Crippen molar-refractivity contribution in [3.05, 3.63) is 0 Å². The minimum atomic E-state index is -0.734. The lowest BCUT2D eigenvalue weighted by Crippen LogP contribution is -2.54. The van der Waals surface area contributed by atoms with E-state index < -0.39 is 11.4 Å². The molecule has 21 heavy (non-hydrogen) atoms. The number of carbonyl (C=O) groups is 2. The molecule has 122 valence electrons. The van der Waals surface area contributed by atoms with Gasteiger partial charge in [-0.3, -0.25) is 14.5 Å². The van der Waals surface area contributed by atoms with Gasteiger partial charge in [0.2, 0.25) is 5.91 Å². The summed E-state index contributed by atoms with van der Waals surface area (Å²) >= 11 is 0. The van der Waals surface area contributed by atoms with Gasteiger partial charge in [-0.25, -0.2) is 0 Å². The van der Waals surface area contributed by atoms with Gasteiger partial charge >= 0.3 is 5.97 Å². The van der Waals surface area contributed by atoms with E-state index in [1.165, 1.54) is 0 Å². The normalized spacial score (nSPS) is 24.8. The maximum absolute atomic E-state index is 12.2. The highest BCUT2D eigenvalue weighted by Crippen LogP contribution is 2.34. The first-order valence-electron chi connectivity index (χ1n) is 8.07. The molecular formula is C16H30N2O3. The number of rotatable bonds is 7. The minimum Gasteiger partial charge on any atom is -0.481 e. The summed E-state index contributed by atoms with van der Waals surface area (Å²) in [4.78, 5) is 25.8. The van der Waals surface area contributed by atoms with E-state index in [1.807, 2.05) is 18.7 Å². The Balaban J connectivity index is 2.59. The first-order chi connectivity index (χ1) is 9.82. The fourth-order valence-electron chi connectivity index (χ4n) is 2.91. The zero-order valence-corrected chi connectivity index (χ0v) is 13.8. The van der Waals surface area contributed by atoms with Gasteiger partial charge in [0.05, 0.1) is 11.5 Å². The van der Waals surface area contributed by atoms with Crippen LogP contribution in [-0.4, -0.2) is 47.6 Å². The Morgan fingerprint density at radius 2 is 2.00 bits per heavy atom. The Kier molecular flexibility index (Phi) is 6.65. The lowest BCUT2D eigenvalue weighted by molar-refractivity contribution is -0.154. The molecule has 2 unspecified atom stereocenters. The summed E-state index contributed by atoms with van der Waals surface area (Å²) < 4.78 is 0. The number of hydrogen-bond acceptors (Lipinski definition) is 3. The molecule has 1 rings (SSSR count). The van der Waals surface area contributed by atoms with E-state index in [0.29, 0.717) is 31.8 Å². The summed E-state index contributed by atoms with van der Waals surface area (Å²) in [6.07, 6.45) is 3.12. The summed E-state index contributed by atoms with van der Waals surface area (Å²) in [7, 11) is 0. The quantitative estimate of drug-likeness (QED) is 0.755. The van der Waals surface area contributed by atoms with E-state index >= 15 is 0 Å². The van der Waals surface area contributed by atoms with Crippen LogP contribution in [0.3, 0.4) is 0 Å². The lowest BCUT2D eigenvalue weighted by Gasteiger charge is -2.41. The van der Waals surface area contributed by atoms with Crippen molar-refractivity contribution in [2.45, 2.75) is 59.4 Å². The molecule has 0 aromatic heterocycles. The van der Waals surface area contributed by atoms with Crippen molar-refractivity contribution >= 4 is 11.9 Å². The summed E-state index contributed by atoms with van der Waals surface area (Å²) in [6, 6.07) is -0.261. The number of carbonyl (C=O) groups excluding carboxylic acids is 1. The third-order valence-electron chi connectivity index (χ3n) is 4.68. The number of aliphatic carboxylic acids is 1. The number of nitrogens with one attached hydrogen (secondary N) is 1. The third-order valence-corrected chi connectivity index (χ3v) is 4.68. The highest BCUT2D eigenvalue weighted by atomic mass is 16.4. The fraction of sp³-hybridized carbons (Fsp3) is 0.875. The van der Waals surface area contributed by atoms with Crippen molar-refractivity contribution in [1.29, 1.82) is 0 Å². The molecule has 1 heterocycles. The number of likely N-dealkylation sites (tertiary alicyclic amines) is 1. The lowest BCUT2D eigenvalue weighted by atomic mass is 9.77. The number of nitrogens with zero attached hydrogens (tertiary/aromatic N) is 1. The van der Waals surface area contributed by atoms with Crippen LogP contribution in [0.25, 0.3) is 0 Å². The van der Waals surface area contributed by atoms with Crippen molar-refractivity contribution in [2.24, 2.45) is 11.3 Å². The second-order valence-electron chi connectivity index (χ2n) is 6.66. The number of carboxylic acids is 1. The number of hydrogen-bond donors (Lipinski definition) is 2. The first kappa shape index (κ1) is 18.0. The van der Waals surface area contributed by atoms with Crippen molar-refractivity contribution in [3.8, 4) is 0 Å². The largest absolute Gasteiger partial charge is 0.481 e. The average Bonchev–Trinajstić information content (AvgIpc) is 2.45. The fourth-order valence-corrected chi connectivity index (χ4v) is 2.91. The third kappa shape index (κ3) is 4.70. The predicted octanol–water partition coefficient (Wildman–Crippen LogP) is 2.11. The van der Waals surface area contributed by atoms with Crippen LogP contribution in [0, 0.1) is 11.3 Å². The molecule has 0 aromatic rings. The smallest absolute Gasteiger partial charge is 0.310 e. The van der Waals surface area contributed by atoms with Gasteiger partial charge in [0.25, 0.3) is 0 Å². The van der Waals surface area contributed by atoms with Crippen LogP contribution in [0.1, 0.15) is 53.4 Å². The molecule has 0 aromatic carbocycles. The molecule has 1 aliphatic heterocycles. The molecular weight excluding hydrogens is 268 g/mol. The second kappa shape index (κ2) is 7.78. The topological polar surface area (TPSA) is 69.6 Å². The van der Waals surface area contributed by atoms with Crippen molar-refractivity contribution in [1.82, 2.24) is 10.2 Å². The number of amides is 1. The zero-order chi connectivity index (χ0) is 16.0. The van der Waals surface area contributed by atoms with E-state index in [-0.39, 0.29) is 11.9 Å². The van der Waals surface area contributed by atoms with Crippen LogP contribution in [0.5, 0.6) is 0 Å². The van der Waals surface area contributed by atoms with E-state index in [4.69, 9.17) is 0 Å². The molecule has 1 fully saturated rings. The molecule has 1 aliphatic rings. The monoisotopic (exact) mass is 298 g/mol. The number of piperidine rings is 1. The maximum Gasteiger partial charge on any atom is 0.310 e. The van der Waals surface area contributed by atoms with Crippen LogP contribution < -0.4 is 5.32 Å². The van der Waals surface area contributed by atoms with Gasteiger partial charge in [-0.2, -0.15) is 0 Å². The Labute approximate surface area is 128 Å². The molecule has 2 atom stereocenters. The van der Waals surface area contributed by atoms with Crippen LogP contribution in [0.4, 0.5) is 0 Å². The van der Waals surface area contributed by atoms with Gasteiger partial charge in [-0.1, -0.05) is 20.8 Å². The Hall–Kier alpha value is -1.10. The summed E-state index contributed by atoms with van der Waals surface area (Å²) in [5.41, 5.74) is -0.690. The van der Waals surface area contributed by atoms with Crippen LogP contribution in [0.15, 0.2) is 0 Å². The van der Waals surface area contributed by atoms with Crippen LogP contribution >= 0.6 is 0 Å². The molecule has 1 saturated heterocycles. The van der Waals surface area contributed by atoms with Crippen LogP contribution in [0.2, 0.25) is 0 Å². The van der Waals surface area contributed by atoms with Gasteiger partial charge in [0.1, 0.15) is 0 Å². The summed E-state index contributed by atoms with van der Waals surface area (Å²) in [6.45, 7) is 10.0. The van der Waals surface area contributed by atoms with E-state index in [1.54, 1.807) is 0 Å². The Bertz CT molecular complexity index is 371. The van der Waals surface area contributed by atoms with Gasteiger partial charge < -0.3 is 10.4 Å². The van der Waals surface area contributed by atoms with E-state index in [9.17, 15) is 14.7 Å². The average molecular weight is 298 g/mol. The molecule has 0 saturated carbocycles. The molecule has 0 aliphatic carbocycles. The Morgan fingerprint density at radius 1 is 1.33 bits per heavy atom. The Morgan fingerprint density at radius 3 is 2.52 bits per heavy atom. The van der Waals surface area contributed by atoms with Crippen molar-refractivity contribution in [3.63, 3.8) is 0 Å².